The lowest BCUT2D eigenvalue weighted by atomic mass is 9.92. The predicted molar refractivity (Wildman–Crippen MR) is 162 cm³/mol. The first-order valence-corrected chi connectivity index (χ1v) is 15.0. The van der Waals surface area contributed by atoms with Gasteiger partial charge in [-0.15, -0.1) is 10.2 Å². The molecule has 2 heterocycles. The summed E-state index contributed by atoms with van der Waals surface area (Å²) in [5.41, 5.74) is 2.78. The first kappa shape index (κ1) is 31.0. The molecule has 3 aromatic carbocycles. The number of rotatable bonds is 11. The second-order valence-corrected chi connectivity index (χ2v) is 11.1. The lowest BCUT2D eigenvalue weighted by molar-refractivity contribution is -0.137. The molecule has 0 radical (unpaired) electrons. The van der Waals surface area contributed by atoms with E-state index in [1.54, 1.807) is 6.07 Å². The van der Waals surface area contributed by atoms with Crippen LogP contribution in [0.1, 0.15) is 42.4 Å². The van der Waals surface area contributed by atoms with Gasteiger partial charge in [0.05, 0.1) is 24.3 Å². The van der Waals surface area contributed by atoms with Crippen LogP contribution in [0.4, 0.5) is 13.2 Å². The molecular weight excluding hydrogens is 599 g/mol. The van der Waals surface area contributed by atoms with Gasteiger partial charge in [-0.3, -0.25) is 4.79 Å². The van der Waals surface area contributed by atoms with Crippen LogP contribution in [-0.2, 0) is 35.5 Å². The van der Waals surface area contributed by atoms with Crippen LogP contribution in [0.25, 0.3) is 22.6 Å². The Labute approximate surface area is 262 Å². The van der Waals surface area contributed by atoms with Crippen molar-refractivity contribution in [2.24, 2.45) is 0 Å². The number of tetrazole rings is 1. The fourth-order valence-electron chi connectivity index (χ4n) is 5.55. The Balaban J connectivity index is 1.16. The van der Waals surface area contributed by atoms with Gasteiger partial charge >= 0.3 is 6.18 Å². The van der Waals surface area contributed by atoms with Gasteiger partial charge in [-0.1, -0.05) is 79.6 Å². The number of hydrogen-bond donors (Lipinski definition) is 2. The van der Waals surface area contributed by atoms with Crippen LogP contribution in [-0.4, -0.2) is 48.5 Å². The van der Waals surface area contributed by atoms with Crippen LogP contribution in [0, 0.1) is 0 Å². The first-order valence-electron chi connectivity index (χ1n) is 15.0. The van der Waals surface area contributed by atoms with E-state index in [1.165, 1.54) is 16.8 Å². The topological polar surface area (TPSA) is 120 Å². The minimum atomic E-state index is -4.42. The number of nitrogens with one attached hydrogen (secondary N) is 2. The van der Waals surface area contributed by atoms with Gasteiger partial charge in [0.2, 0.25) is 17.6 Å². The standard InChI is InChI=1S/C33H32F3N7O3/c34-33(35,36)25-16-14-23(15-17-25)26-11-5-4-10-24(26)21-46-31-18-28(32-38-41-42-39-32)40-43(31)19-30(44)37-27-12-6-7-13-29(27)45-20-22-8-2-1-3-9-22/h1-5,8-11,14-18,27,29H,6-7,12-13,19-21H2,(H,37,44)(H,38,39,41,42)/t27-,29+/m1/s1. The molecule has 0 bridgehead atoms. The third kappa shape index (κ3) is 7.60. The van der Waals surface area contributed by atoms with Gasteiger partial charge in [0.25, 0.3) is 0 Å². The molecule has 1 saturated carbocycles. The van der Waals surface area contributed by atoms with Crippen molar-refractivity contribution in [1.29, 1.82) is 0 Å². The van der Waals surface area contributed by atoms with Gasteiger partial charge in [-0.25, -0.2) is 4.68 Å². The van der Waals surface area contributed by atoms with Crippen molar-refractivity contribution in [3.63, 3.8) is 0 Å². The summed E-state index contributed by atoms with van der Waals surface area (Å²) in [7, 11) is 0. The number of amides is 1. The van der Waals surface area contributed by atoms with E-state index >= 15 is 0 Å². The molecule has 1 aliphatic rings. The zero-order valence-electron chi connectivity index (χ0n) is 24.8. The zero-order valence-corrected chi connectivity index (χ0v) is 24.8. The summed E-state index contributed by atoms with van der Waals surface area (Å²) < 4.78 is 53.2. The number of alkyl halides is 3. The molecule has 6 rings (SSSR count). The lowest BCUT2D eigenvalue weighted by Crippen LogP contribution is -2.47. The molecule has 0 saturated heterocycles. The number of nitrogens with zero attached hydrogens (tertiary/aromatic N) is 5. The van der Waals surface area contributed by atoms with Crippen molar-refractivity contribution in [2.45, 2.75) is 63.8 Å². The molecule has 13 heteroatoms. The smallest absolute Gasteiger partial charge is 0.416 e. The van der Waals surface area contributed by atoms with Crippen molar-refractivity contribution in [3.05, 3.63) is 102 Å². The SMILES string of the molecule is O=C(Cn1nc(-c2nn[nH]n2)cc1OCc1ccccc1-c1ccc(C(F)(F)F)cc1)N[C@@H]1CCCC[C@@H]1OCc1ccccc1. The van der Waals surface area contributed by atoms with Gasteiger partial charge in [-0.2, -0.15) is 23.5 Å². The number of hydrogen-bond acceptors (Lipinski definition) is 7. The first-order chi connectivity index (χ1) is 22.3. The van der Waals surface area contributed by atoms with E-state index in [4.69, 9.17) is 9.47 Å². The van der Waals surface area contributed by atoms with Crippen LogP contribution in [0.5, 0.6) is 5.88 Å². The third-order valence-electron chi connectivity index (χ3n) is 7.88. The molecule has 0 unspecified atom stereocenters. The summed E-state index contributed by atoms with van der Waals surface area (Å²) in [5.74, 6) is 0.270. The summed E-state index contributed by atoms with van der Waals surface area (Å²) in [4.78, 5) is 13.3. The minimum absolute atomic E-state index is 0.0637. The molecule has 2 aromatic heterocycles. The zero-order chi connectivity index (χ0) is 31.9. The predicted octanol–water partition coefficient (Wildman–Crippen LogP) is 5.97. The maximum atomic E-state index is 13.3. The Bertz CT molecular complexity index is 1730. The molecule has 0 spiro atoms. The monoisotopic (exact) mass is 631 g/mol. The fourth-order valence-corrected chi connectivity index (χ4v) is 5.55. The Kier molecular flexibility index (Phi) is 9.38. The van der Waals surface area contributed by atoms with Crippen molar-refractivity contribution in [1.82, 2.24) is 35.7 Å². The molecule has 46 heavy (non-hydrogen) atoms. The number of aromatic amines is 1. The largest absolute Gasteiger partial charge is 0.473 e. The molecule has 1 aliphatic carbocycles. The highest BCUT2D eigenvalue weighted by molar-refractivity contribution is 5.76. The van der Waals surface area contributed by atoms with Crippen LogP contribution < -0.4 is 10.1 Å². The van der Waals surface area contributed by atoms with Gasteiger partial charge in [-0.05, 0) is 52.4 Å². The highest BCUT2D eigenvalue weighted by Crippen LogP contribution is 2.32. The van der Waals surface area contributed by atoms with E-state index in [1.807, 2.05) is 54.6 Å². The van der Waals surface area contributed by atoms with Gasteiger partial charge in [0.15, 0.2) is 0 Å². The summed E-state index contributed by atoms with van der Waals surface area (Å²) >= 11 is 0. The summed E-state index contributed by atoms with van der Waals surface area (Å²) in [5, 5.41) is 21.6. The molecule has 238 valence electrons. The Morgan fingerprint density at radius 2 is 1.72 bits per heavy atom. The Morgan fingerprint density at radius 3 is 2.48 bits per heavy atom. The van der Waals surface area contributed by atoms with Crippen molar-refractivity contribution < 1.29 is 27.4 Å². The third-order valence-corrected chi connectivity index (χ3v) is 7.88. The number of halogens is 3. The van der Waals surface area contributed by atoms with E-state index < -0.39 is 11.7 Å². The highest BCUT2D eigenvalue weighted by Gasteiger charge is 2.30. The van der Waals surface area contributed by atoms with E-state index in [0.29, 0.717) is 17.9 Å². The molecule has 1 fully saturated rings. The molecular formula is C33H32F3N7O3. The quantitative estimate of drug-likeness (QED) is 0.184. The molecule has 10 nitrogen and oxygen atoms in total. The molecule has 2 N–H and O–H groups in total. The van der Waals surface area contributed by atoms with E-state index in [9.17, 15) is 18.0 Å². The average molecular weight is 632 g/mol. The second-order valence-electron chi connectivity index (χ2n) is 11.1. The summed E-state index contributed by atoms with van der Waals surface area (Å²) in [6.45, 7) is 0.404. The number of aromatic nitrogens is 6. The van der Waals surface area contributed by atoms with Gasteiger partial charge in [0.1, 0.15) is 18.8 Å². The van der Waals surface area contributed by atoms with Gasteiger partial charge in [0, 0.05) is 6.07 Å². The van der Waals surface area contributed by atoms with E-state index in [-0.39, 0.29) is 42.9 Å². The number of carbonyl (C=O) groups is 1. The van der Waals surface area contributed by atoms with Crippen molar-refractivity contribution in [2.75, 3.05) is 0 Å². The molecule has 1 amide bonds. The summed E-state index contributed by atoms with van der Waals surface area (Å²) in [6, 6.07) is 23.7. The van der Waals surface area contributed by atoms with Crippen LogP contribution in [0.15, 0.2) is 84.9 Å². The lowest BCUT2D eigenvalue weighted by Gasteiger charge is -2.32. The Morgan fingerprint density at radius 1 is 0.957 bits per heavy atom. The summed E-state index contributed by atoms with van der Waals surface area (Å²) in [6.07, 6.45) is -0.841. The number of ether oxygens (including phenoxy) is 2. The van der Waals surface area contributed by atoms with E-state index in [2.05, 4.69) is 31.0 Å². The minimum Gasteiger partial charge on any atom is -0.473 e. The van der Waals surface area contributed by atoms with Crippen molar-refractivity contribution >= 4 is 5.91 Å². The highest BCUT2D eigenvalue weighted by atomic mass is 19.4. The van der Waals surface area contributed by atoms with Crippen LogP contribution in [0.2, 0.25) is 0 Å². The number of benzene rings is 3. The normalized spacial score (nSPS) is 16.7. The maximum absolute atomic E-state index is 13.3. The van der Waals surface area contributed by atoms with Crippen molar-refractivity contribution in [3.8, 4) is 28.5 Å². The van der Waals surface area contributed by atoms with Gasteiger partial charge < -0.3 is 14.8 Å². The van der Waals surface area contributed by atoms with Crippen LogP contribution >= 0.6 is 0 Å². The molecule has 0 aliphatic heterocycles. The Hall–Kier alpha value is -5.04. The maximum Gasteiger partial charge on any atom is 0.416 e. The second kappa shape index (κ2) is 13.9. The fraction of sp³-hybridized carbons (Fsp3) is 0.303. The number of carbonyl (C=O) groups excluding carboxylic acids is 1. The van der Waals surface area contributed by atoms with Crippen LogP contribution in [0.3, 0.4) is 0 Å². The molecule has 2 atom stereocenters. The molecule has 5 aromatic rings. The average Bonchev–Trinajstić information content (AvgIpc) is 3.74. The van der Waals surface area contributed by atoms with E-state index in [0.717, 1.165) is 54.5 Å². The number of H-pyrrole nitrogens is 1.